The van der Waals surface area contributed by atoms with Crippen molar-refractivity contribution in [1.82, 2.24) is 0 Å². The van der Waals surface area contributed by atoms with E-state index in [2.05, 4.69) is 50.8 Å². The van der Waals surface area contributed by atoms with E-state index in [1.54, 1.807) is 6.92 Å². The maximum atomic E-state index is 11.1. The van der Waals surface area contributed by atoms with E-state index in [1.807, 2.05) is 0 Å². The Morgan fingerprint density at radius 1 is 1.32 bits per heavy atom. The van der Waals surface area contributed by atoms with Crippen LogP contribution in [0.4, 0.5) is 5.69 Å². The highest BCUT2D eigenvalue weighted by atomic mass is 16.4. The summed E-state index contributed by atoms with van der Waals surface area (Å²) in [4.78, 5) is 13.3. The van der Waals surface area contributed by atoms with Gasteiger partial charge >= 0.3 is 5.97 Å². The summed E-state index contributed by atoms with van der Waals surface area (Å²) in [7, 11) is 0. The number of carboxylic acids is 1. The minimum Gasteiger partial charge on any atom is -0.481 e. The monoisotopic (exact) mass is 263 g/mol. The molecule has 3 heteroatoms. The molecular formula is C16H25NO2. The van der Waals surface area contributed by atoms with Crippen LogP contribution in [0.1, 0.15) is 38.8 Å². The smallest absolute Gasteiger partial charge is 0.308 e. The molecule has 1 unspecified atom stereocenters. The van der Waals surface area contributed by atoms with Crippen LogP contribution >= 0.6 is 0 Å². The SMILES string of the molecule is CCc1cccc(C)c1N(CC(C)C(=O)O)C(C)C. The fourth-order valence-corrected chi connectivity index (χ4v) is 2.35. The molecule has 0 aliphatic rings. The molecule has 1 atom stereocenters. The lowest BCUT2D eigenvalue weighted by Gasteiger charge is -2.33. The van der Waals surface area contributed by atoms with Gasteiger partial charge in [0.05, 0.1) is 5.92 Å². The van der Waals surface area contributed by atoms with Crippen LogP contribution in [0.25, 0.3) is 0 Å². The van der Waals surface area contributed by atoms with Crippen LogP contribution in [0, 0.1) is 12.8 Å². The van der Waals surface area contributed by atoms with E-state index in [9.17, 15) is 4.79 Å². The van der Waals surface area contributed by atoms with Gasteiger partial charge in [-0.2, -0.15) is 0 Å². The number of aliphatic carboxylic acids is 1. The molecule has 0 radical (unpaired) electrons. The number of benzene rings is 1. The molecule has 106 valence electrons. The zero-order valence-corrected chi connectivity index (χ0v) is 12.6. The lowest BCUT2D eigenvalue weighted by molar-refractivity contribution is -0.140. The minimum atomic E-state index is -0.739. The molecule has 0 heterocycles. The Labute approximate surface area is 116 Å². The molecule has 0 bridgehead atoms. The van der Waals surface area contributed by atoms with E-state index in [4.69, 9.17) is 5.11 Å². The number of aryl methyl sites for hydroxylation is 2. The average Bonchev–Trinajstić information content (AvgIpc) is 2.35. The third kappa shape index (κ3) is 3.72. The summed E-state index contributed by atoms with van der Waals surface area (Å²) < 4.78 is 0. The third-order valence-electron chi connectivity index (χ3n) is 3.50. The van der Waals surface area contributed by atoms with Gasteiger partial charge in [-0.15, -0.1) is 0 Å². The van der Waals surface area contributed by atoms with Gasteiger partial charge in [0.25, 0.3) is 0 Å². The number of carboxylic acid groups (broad SMARTS) is 1. The zero-order valence-electron chi connectivity index (χ0n) is 12.6. The minimum absolute atomic E-state index is 0.285. The maximum Gasteiger partial charge on any atom is 0.308 e. The van der Waals surface area contributed by atoms with Crippen LogP contribution in [0.5, 0.6) is 0 Å². The van der Waals surface area contributed by atoms with Crippen molar-refractivity contribution in [3.05, 3.63) is 29.3 Å². The molecule has 1 rings (SSSR count). The number of anilines is 1. The Bertz CT molecular complexity index is 440. The Morgan fingerprint density at radius 3 is 2.42 bits per heavy atom. The molecule has 1 N–H and O–H groups in total. The highest BCUT2D eigenvalue weighted by Crippen LogP contribution is 2.28. The summed E-state index contributed by atoms with van der Waals surface area (Å²) in [6.07, 6.45) is 0.960. The van der Waals surface area contributed by atoms with Crippen molar-refractivity contribution in [3.63, 3.8) is 0 Å². The number of nitrogens with zero attached hydrogens (tertiary/aromatic N) is 1. The van der Waals surface area contributed by atoms with E-state index < -0.39 is 5.97 Å². The number of hydrogen-bond acceptors (Lipinski definition) is 2. The number of para-hydroxylation sites is 1. The van der Waals surface area contributed by atoms with Crippen molar-refractivity contribution < 1.29 is 9.90 Å². The standard InChI is InChI=1S/C16H25NO2/c1-6-14-9-7-8-12(4)15(14)17(11(2)3)10-13(5)16(18)19/h7-9,11,13H,6,10H2,1-5H3,(H,18,19). The summed E-state index contributed by atoms with van der Waals surface area (Å²) in [6, 6.07) is 6.57. The zero-order chi connectivity index (χ0) is 14.6. The van der Waals surface area contributed by atoms with Crippen molar-refractivity contribution in [2.45, 2.75) is 47.1 Å². The van der Waals surface area contributed by atoms with Crippen LogP contribution in [0.15, 0.2) is 18.2 Å². The van der Waals surface area contributed by atoms with E-state index >= 15 is 0 Å². The Morgan fingerprint density at radius 2 is 1.95 bits per heavy atom. The van der Waals surface area contributed by atoms with Gasteiger partial charge in [0.15, 0.2) is 0 Å². The number of rotatable bonds is 6. The number of hydrogen-bond donors (Lipinski definition) is 1. The van der Waals surface area contributed by atoms with E-state index in [0.717, 1.165) is 6.42 Å². The van der Waals surface area contributed by atoms with Crippen molar-refractivity contribution in [2.75, 3.05) is 11.4 Å². The molecule has 0 aliphatic carbocycles. The van der Waals surface area contributed by atoms with Gasteiger partial charge in [-0.3, -0.25) is 4.79 Å². The maximum absolute atomic E-state index is 11.1. The second-order valence-corrected chi connectivity index (χ2v) is 5.42. The van der Waals surface area contributed by atoms with E-state index in [0.29, 0.717) is 6.54 Å². The summed E-state index contributed by atoms with van der Waals surface area (Å²) in [5.74, 6) is -1.11. The van der Waals surface area contributed by atoms with E-state index in [1.165, 1.54) is 16.8 Å². The van der Waals surface area contributed by atoms with Crippen molar-refractivity contribution in [3.8, 4) is 0 Å². The van der Waals surface area contributed by atoms with Crippen molar-refractivity contribution in [2.24, 2.45) is 5.92 Å². The quantitative estimate of drug-likeness (QED) is 0.854. The topological polar surface area (TPSA) is 40.5 Å². The molecule has 0 aromatic heterocycles. The first-order chi connectivity index (χ1) is 8.88. The third-order valence-corrected chi connectivity index (χ3v) is 3.50. The predicted molar refractivity (Wildman–Crippen MR) is 79.8 cm³/mol. The summed E-state index contributed by atoms with van der Waals surface area (Å²) >= 11 is 0. The second kappa shape index (κ2) is 6.60. The van der Waals surface area contributed by atoms with Crippen LogP contribution in [-0.4, -0.2) is 23.7 Å². The molecule has 1 aromatic rings. The van der Waals surface area contributed by atoms with Gasteiger partial charge < -0.3 is 10.0 Å². The first-order valence-electron chi connectivity index (χ1n) is 6.96. The molecule has 0 saturated carbocycles. The van der Waals surface area contributed by atoms with E-state index in [-0.39, 0.29) is 12.0 Å². The van der Waals surface area contributed by atoms with Gasteiger partial charge in [-0.25, -0.2) is 0 Å². The van der Waals surface area contributed by atoms with Crippen LogP contribution in [-0.2, 0) is 11.2 Å². The first-order valence-corrected chi connectivity index (χ1v) is 6.96. The molecule has 3 nitrogen and oxygen atoms in total. The molecule has 0 amide bonds. The van der Waals surface area contributed by atoms with Gasteiger partial charge in [-0.1, -0.05) is 32.0 Å². The van der Waals surface area contributed by atoms with Crippen molar-refractivity contribution >= 4 is 11.7 Å². The highest BCUT2D eigenvalue weighted by Gasteiger charge is 2.21. The van der Waals surface area contributed by atoms with Gasteiger partial charge in [0.1, 0.15) is 0 Å². The fourth-order valence-electron chi connectivity index (χ4n) is 2.35. The Balaban J connectivity index is 3.16. The molecule has 0 spiro atoms. The van der Waals surface area contributed by atoms with Crippen LogP contribution < -0.4 is 4.90 Å². The second-order valence-electron chi connectivity index (χ2n) is 5.42. The lowest BCUT2D eigenvalue weighted by atomic mass is 10.0. The number of carbonyl (C=O) groups is 1. The molecule has 19 heavy (non-hydrogen) atoms. The molecule has 0 fully saturated rings. The highest BCUT2D eigenvalue weighted by molar-refractivity contribution is 5.71. The summed E-state index contributed by atoms with van der Waals surface area (Å²) in [6.45, 7) is 10.8. The van der Waals surface area contributed by atoms with Gasteiger partial charge in [-0.05, 0) is 38.3 Å². The first kappa shape index (κ1) is 15.5. The molecule has 0 saturated heterocycles. The summed E-state index contributed by atoms with van der Waals surface area (Å²) in [5.41, 5.74) is 3.70. The lowest BCUT2D eigenvalue weighted by Crippen LogP contribution is -2.38. The summed E-state index contributed by atoms with van der Waals surface area (Å²) in [5, 5.41) is 9.13. The van der Waals surface area contributed by atoms with Gasteiger partial charge in [0, 0.05) is 18.3 Å². The Kier molecular flexibility index (Phi) is 5.40. The average molecular weight is 263 g/mol. The normalized spacial score (nSPS) is 12.5. The Hall–Kier alpha value is -1.51. The van der Waals surface area contributed by atoms with Crippen LogP contribution in [0.3, 0.4) is 0 Å². The largest absolute Gasteiger partial charge is 0.481 e. The fraction of sp³-hybridized carbons (Fsp3) is 0.562. The van der Waals surface area contributed by atoms with Gasteiger partial charge in [0.2, 0.25) is 0 Å². The molecular weight excluding hydrogens is 238 g/mol. The van der Waals surface area contributed by atoms with Crippen LogP contribution in [0.2, 0.25) is 0 Å². The molecule has 0 aliphatic heterocycles. The predicted octanol–water partition coefficient (Wildman–Crippen LogP) is 3.49. The van der Waals surface area contributed by atoms with Crippen molar-refractivity contribution in [1.29, 1.82) is 0 Å². The molecule has 1 aromatic carbocycles.